The molecule has 0 amide bonds. The summed E-state index contributed by atoms with van der Waals surface area (Å²) in [5, 5.41) is 7.06. The Morgan fingerprint density at radius 3 is 1.44 bits per heavy atom. The molecule has 0 radical (unpaired) electrons. The molecule has 9 heavy (non-hydrogen) atoms. The van der Waals surface area contributed by atoms with Crippen LogP contribution in [0.1, 0.15) is 0 Å². The molecule has 0 spiro atoms. The standard InChI is InChI=1S/Ni.H2O5S.H2O.Ru/c;1-5-6(2,3)4;;/h;1H,(H,2,3,4);1H2;. The van der Waals surface area contributed by atoms with Crippen LogP contribution in [-0.4, -0.2) is 23.7 Å². The Balaban J connectivity index is -0.0000000417. The Morgan fingerprint density at radius 1 is 1.33 bits per heavy atom. The van der Waals surface area contributed by atoms with Gasteiger partial charge in [0.15, 0.2) is 0 Å². The fourth-order valence-corrected chi connectivity index (χ4v) is 0. The summed E-state index contributed by atoms with van der Waals surface area (Å²) in [4.78, 5) is 0. The molecule has 64 valence electrons. The van der Waals surface area contributed by atoms with Crippen molar-refractivity contribution >= 4 is 10.4 Å². The summed E-state index contributed by atoms with van der Waals surface area (Å²) in [6, 6.07) is 0. The van der Waals surface area contributed by atoms with E-state index in [0.29, 0.717) is 0 Å². The van der Waals surface area contributed by atoms with Gasteiger partial charge in [-0.3, -0.25) is 4.55 Å². The zero-order valence-corrected chi connectivity index (χ0v) is 7.24. The topological polar surface area (TPSA) is 115 Å². The van der Waals surface area contributed by atoms with Gasteiger partial charge in [0.2, 0.25) is 0 Å². The predicted octanol–water partition coefficient (Wildman–Crippen LogP) is -1.55. The van der Waals surface area contributed by atoms with E-state index in [2.05, 4.69) is 4.33 Å². The molecule has 0 aliphatic carbocycles. The fourth-order valence-electron chi connectivity index (χ4n) is 0. The normalized spacial score (nSPS) is 7.78. The first-order valence-corrected chi connectivity index (χ1v) is 2.23. The van der Waals surface area contributed by atoms with Gasteiger partial charge in [-0.15, -0.1) is 0 Å². The fraction of sp³-hybridized carbons (Fsp3) is 0. The van der Waals surface area contributed by atoms with Crippen LogP contribution in [0.4, 0.5) is 0 Å². The van der Waals surface area contributed by atoms with Gasteiger partial charge >= 0.3 is 10.4 Å². The second kappa shape index (κ2) is 8.91. The Hall–Kier alpha value is 0.907. The number of rotatable bonds is 1. The largest absolute Gasteiger partial charge is 0.423 e. The SMILES string of the molecule is O.O=S(=O)(O)OO.[Ni].[Ru]. The minimum Gasteiger partial charge on any atom is -0.412 e. The van der Waals surface area contributed by atoms with Crippen molar-refractivity contribution in [2.75, 3.05) is 0 Å². The molecule has 0 heterocycles. The molecular formula is H4NiO6RuS. The molecular weight excluding hydrogens is 288 g/mol. The molecule has 0 fully saturated rings. The summed E-state index contributed by atoms with van der Waals surface area (Å²) in [5.41, 5.74) is 0. The van der Waals surface area contributed by atoms with Crippen molar-refractivity contribution in [3.05, 3.63) is 0 Å². The summed E-state index contributed by atoms with van der Waals surface area (Å²) in [6.07, 6.45) is 0. The first-order valence-electron chi connectivity index (χ1n) is 0.865. The van der Waals surface area contributed by atoms with Crippen LogP contribution in [0.5, 0.6) is 0 Å². The van der Waals surface area contributed by atoms with Crippen LogP contribution < -0.4 is 0 Å². The third-order valence-corrected chi connectivity index (χ3v) is 0.283. The van der Waals surface area contributed by atoms with Gasteiger partial charge in [0, 0.05) is 36.0 Å². The smallest absolute Gasteiger partial charge is 0.412 e. The van der Waals surface area contributed by atoms with Crippen molar-refractivity contribution in [3.63, 3.8) is 0 Å². The maximum atomic E-state index is 9.08. The van der Waals surface area contributed by atoms with Crippen LogP contribution >= 0.6 is 0 Å². The van der Waals surface area contributed by atoms with E-state index in [4.69, 9.17) is 18.2 Å². The monoisotopic (exact) mass is 292 g/mol. The summed E-state index contributed by atoms with van der Waals surface area (Å²) in [5.74, 6) is 0. The quantitative estimate of drug-likeness (QED) is 0.263. The van der Waals surface area contributed by atoms with Gasteiger partial charge in [-0.25, -0.2) is 5.26 Å². The first-order chi connectivity index (χ1) is 2.56. The van der Waals surface area contributed by atoms with Crippen molar-refractivity contribution in [1.82, 2.24) is 0 Å². The molecule has 0 aliphatic rings. The molecule has 0 atom stereocenters. The van der Waals surface area contributed by atoms with Crippen LogP contribution in [0.2, 0.25) is 0 Å². The van der Waals surface area contributed by atoms with E-state index < -0.39 is 10.4 Å². The molecule has 0 unspecified atom stereocenters. The zero-order valence-electron chi connectivity index (χ0n) is 3.70. The zero-order chi connectivity index (χ0) is 5.21. The molecule has 0 saturated heterocycles. The van der Waals surface area contributed by atoms with Crippen molar-refractivity contribution in [2.24, 2.45) is 0 Å². The number of hydrogen-bond donors (Lipinski definition) is 2. The van der Waals surface area contributed by atoms with Gasteiger partial charge in [0.05, 0.1) is 0 Å². The van der Waals surface area contributed by atoms with Crippen LogP contribution in [0.25, 0.3) is 0 Å². The second-order valence-corrected chi connectivity index (χ2v) is 1.51. The molecule has 0 aromatic heterocycles. The molecule has 0 rings (SSSR count). The van der Waals surface area contributed by atoms with Gasteiger partial charge in [-0.05, 0) is 0 Å². The van der Waals surface area contributed by atoms with E-state index in [0.717, 1.165) is 0 Å². The van der Waals surface area contributed by atoms with Gasteiger partial charge in [-0.1, -0.05) is 4.33 Å². The van der Waals surface area contributed by atoms with Gasteiger partial charge in [0.25, 0.3) is 0 Å². The first kappa shape index (κ1) is 22.5. The van der Waals surface area contributed by atoms with E-state index in [-0.39, 0.29) is 41.4 Å². The average molecular weight is 292 g/mol. The molecule has 4 N–H and O–H groups in total. The third kappa shape index (κ3) is 27.8. The van der Waals surface area contributed by atoms with Crippen LogP contribution in [0.3, 0.4) is 0 Å². The van der Waals surface area contributed by atoms with Crippen LogP contribution in [0.15, 0.2) is 0 Å². The van der Waals surface area contributed by atoms with E-state index >= 15 is 0 Å². The Bertz CT molecular complexity index is 115. The maximum absolute atomic E-state index is 9.08. The predicted molar refractivity (Wildman–Crippen MR) is 18.9 cm³/mol. The number of hydrogen-bond acceptors (Lipinski definition) is 4. The summed E-state index contributed by atoms with van der Waals surface area (Å²) in [7, 11) is -4.61. The van der Waals surface area contributed by atoms with Crippen molar-refractivity contribution < 1.29 is 64.0 Å². The van der Waals surface area contributed by atoms with E-state index in [1.807, 2.05) is 0 Å². The van der Waals surface area contributed by atoms with E-state index in [1.54, 1.807) is 0 Å². The van der Waals surface area contributed by atoms with Gasteiger partial charge in [0.1, 0.15) is 0 Å². The van der Waals surface area contributed by atoms with E-state index in [1.165, 1.54) is 0 Å². The maximum Gasteiger partial charge on any atom is 0.423 e. The summed E-state index contributed by atoms with van der Waals surface area (Å²) in [6.45, 7) is 0. The average Bonchev–Trinajstić information content (AvgIpc) is 1.35. The molecule has 0 aliphatic heterocycles. The van der Waals surface area contributed by atoms with Crippen molar-refractivity contribution in [1.29, 1.82) is 0 Å². The van der Waals surface area contributed by atoms with Crippen LogP contribution in [-0.2, 0) is 50.7 Å². The molecule has 6 nitrogen and oxygen atoms in total. The van der Waals surface area contributed by atoms with Crippen molar-refractivity contribution in [3.8, 4) is 0 Å². The summed E-state index contributed by atoms with van der Waals surface area (Å²) >= 11 is 0. The third-order valence-electron chi connectivity index (χ3n) is 0.0942. The van der Waals surface area contributed by atoms with Crippen LogP contribution in [0, 0.1) is 0 Å². The molecule has 0 aromatic carbocycles. The van der Waals surface area contributed by atoms with Crippen molar-refractivity contribution in [2.45, 2.75) is 0 Å². The Kier molecular flexibility index (Phi) is 22.3. The van der Waals surface area contributed by atoms with E-state index in [9.17, 15) is 0 Å². The Labute approximate surface area is 74.5 Å². The second-order valence-electron chi connectivity index (χ2n) is 0.502. The molecule has 9 heteroatoms. The molecule has 0 saturated carbocycles. The minimum atomic E-state index is -4.61. The minimum absolute atomic E-state index is 0. The van der Waals surface area contributed by atoms with Gasteiger partial charge in [-0.2, -0.15) is 8.42 Å². The summed E-state index contributed by atoms with van der Waals surface area (Å²) < 4.78 is 28.0. The Morgan fingerprint density at radius 2 is 1.44 bits per heavy atom. The molecule has 0 aromatic rings. The molecule has 0 bridgehead atoms. The van der Waals surface area contributed by atoms with Gasteiger partial charge < -0.3 is 5.48 Å².